The number of halogens is 2. The minimum Gasteiger partial charge on any atom is -0.329 e. The number of aromatic nitrogens is 1. The highest BCUT2D eigenvalue weighted by Crippen LogP contribution is 2.37. The van der Waals surface area contributed by atoms with Crippen molar-refractivity contribution in [2.45, 2.75) is 19.5 Å². The van der Waals surface area contributed by atoms with E-state index in [0.717, 1.165) is 21.0 Å². The minimum atomic E-state index is 0.176. The zero-order valence-electron chi connectivity index (χ0n) is 10.7. The van der Waals surface area contributed by atoms with Crippen molar-refractivity contribution in [2.75, 3.05) is 13.6 Å². The summed E-state index contributed by atoms with van der Waals surface area (Å²) in [6, 6.07) is 2.23. The first-order chi connectivity index (χ1) is 9.02. The van der Waals surface area contributed by atoms with E-state index in [0.29, 0.717) is 6.54 Å². The fourth-order valence-corrected chi connectivity index (χ4v) is 4.61. The summed E-state index contributed by atoms with van der Waals surface area (Å²) in [5.74, 6) is 0. The molecule has 1 atom stereocenters. The summed E-state index contributed by atoms with van der Waals surface area (Å²) in [5.41, 5.74) is 8.91. The van der Waals surface area contributed by atoms with Gasteiger partial charge in [-0.15, -0.1) is 22.7 Å². The molecule has 0 aromatic carbocycles. The molecule has 1 unspecified atom stereocenters. The Bertz CT molecular complexity index is 535. The molecule has 0 aliphatic carbocycles. The molecule has 0 aliphatic rings. The van der Waals surface area contributed by atoms with E-state index < -0.39 is 0 Å². The third-order valence-corrected chi connectivity index (χ3v) is 6.48. The van der Waals surface area contributed by atoms with Gasteiger partial charge in [0.25, 0.3) is 0 Å². The van der Waals surface area contributed by atoms with Crippen LogP contribution in [0, 0.1) is 6.92 Å². The van der Waals surface area contributed by atoms with Crippen LogP contribution >= 0.6 is 50.2 Å². The third-order valence-electron chi connectivity index (χ3n) is 2.99. The van der Waals surface area contributed by atoms with Gasteiger partial charge in [0.05, 0.1) is 17.2 Å². The van der Waals surface area contributed by atoms with Crippen LogP contribution in [0.3, 0.4) is 0 Å². The second-order valence-electron chi connectivity index (χ2n) is 4.30. The molecule has 0 aliphatic heterocycles. The molecule has 0 amide bonds. The van der Waals surface area contributed by atoms with Crippen molar-refractivity contribution in [3.8, 4) is 0 Å². The average molecular weight is 381 g/mol. The van der Waals surface area contributed by atoms with Crippen LogP contribution in [-0.4, -0.2) is 23.5 Å². The van der Waals surface area contributed by atoms with Crippen molar-refractivity contribution in [3.05, 3.63) is 35.8 Å². The highest BCUT2D eigenvalue weighted by molar-refractivity contribution is 9.10. The van der Waals surface area contributed by atoms with Gasteiger partial charge >= 0.3 is 0 Å². The van der Waals surface area contributed by atoms with Crippen molar-refractivity contribution in [2.24, 2.45) is 5.73 Å². The van der Waals surface area contributed by atoms with Gasteiger partial charge in [-0.1, -0.05) is 11.6 Å². The molecule has 2 aromatic rings. The molecule has 2 N–H and O–H groups in total. The molecular weight excluding hydrogens is 366 g/mol. The molecule has 19 heavy (non-hydrogen) atoms. The standard InChI is InChI=1S/C12H15BrClN3S2/c1-7-11(18-6-16-7)5-17(2)9(4-15)10-3-8(13)12(14)19-10/h3,6,9H,4-5,15H2,1-2H3. The molecule has 0 radical (unpaired) electrons. The van der Waals surface area contributed by atoms with Gasteiger partial charge < -0.3 is 5.73 Å². The van der Waals surface area contributed by atoms with Crippen LogP contribution in [0.4, 0.5) is 0 Å². The number of hydrogen-bond donors (Lipinski definition) is 1. The Morgan fingerprint density at radius 3 is 2.79 bits per heavy atom. The van der Waals surface area contributed by atoms with Crippen LogP contribution in [0.5, 0.6) is 0 Å². The van der Waals surface area contributed by atoms with Gasteiger partial charge in [-0.3, -0.25) is 4.90 Å². The van der Waals surface area contributed by atoms with Crippen LogP contribution in [-0.2, 0) is 6.54 Å². The molecule has 2 rings (SSSR count). The Labute approximate surface area is 134 Å². The van der Waals surface area contributed by atoms with E-state index >= 15 is 0 Å². The second-order valence-corrected chi connectivity index (χ2v) is 7.78. The molecule has 3 nitrogen and oxygen atoms in total. The number of thiophene rings is 1. The average Bonchev–Trinajstić information content (AvgIpc) is 2.89. The lowest BCUT2D eigenvalue weighted by atomic mass is 10.2. The van der Waals surface area contributed by atoms with E-state index in [-0.39, 0.29) is 6.04 Å². The van der Waals surface area contributed by atoms with Gasteiger partial charge in [0.15, 0.2) is 0 Å². The quantitative estimate of drug-likeness (QED) is 0.850. The lowest BCUT2D eigenvalue weighted by Crippen LogP contribution is -2.29. The summed E-state index contributed by atoms with van der Waals surface area (Å²) >= 11 is 12.8. The molecule has 104 valence electrons. The Hall–Kier alpha value is 0.0200. The summed E-state index contributed by atoms with van der Waals surface area (Å²) < 4.78 is 1.71. The molecule has 0 fully saturated rings. The largest absolute Gasteiger partial charge is 0.329 e. The van der Waals surface area contributed by atoms with E-state index in [1.54, 1.807) is 22.7 Å². The third kappa shape index (κ3) is 3.56. The smallest absolute Gasteiger partial charge is 0.107 e. The molecular formula is C12H15BrClN3S2. The van der Waals surface area contributed by atoms with Gasteiger partial charge in [-0.2, -0.15) is 0 Å². The maximum atomic E-state index is 6.11. The summed E-state index contributed by atoms with van der Waals surface area (Å²) in [5, 5.41) is 0. The summed E-state index contributed by atoms with van der Waals surface area (Å²) in [6.45, 7) is 3.46. The zero-order valence-corrected chi connectivity index (χ0v) is 14.7. The Balaban J connectivity index is 2.15. The van der Waals surface area contributed by atoms with Crippen LogP contribution in [0.1, 0.15) is 21.5 Å². The molecule has 2 heterocycles. The number of rotatable bonds is 5. The lowest BCUT2D eigenvalue weighted by molar-refractivity contribution is 0.246. The Morgan fingerprint density at radius 2 is 2.32 bits per heavy atom. The number of hydrogen-bond acceptors (Lipinski definition) is 5. The van der Waals surface area contributed by atoms with Crippen molar-refractivity contribution < 1.29 is 0 Å². The van der Waals surface area contributed by atoms with Gasteiger partial charge in [-0.05, 0) is 36.0 Å². The number of likely N-dealkylation sites (N-methyl/N-ethyl adjacent to an activating group) is 1. The maximum Gasteiger partial charge on any atom is 0.107 e. The second kappa shape index (κ2) is 6.65. The number of nitrogens with two attached hydrogens (primary N) is 1. The van der Waals surface area contributed by atoms with E-state index in [4.69, 9.17) is 17.3 Å². The van der Waals surface area contributed by atoms with Gasteiger partial charge in [-0.25, -0.2) is 4.98 Å². The molecule has 7 heteroatoms. The van der Waals surface area contributed by atoms with Crippen molar-refractivity contribution in [1.82, 2.24) is 9.88 Å². The van der Waals surface area contributed by atoms with E-state index in [1.165, 1.54) is 9.75 Å². The highest BCUT2D eigenvalue weighted by atomic mass is 79.9. The van der Waals surface area contributed by atoms with E-state index in [2.05, 4.69) is 38.9 Å². The van der Waals surface area contributed by atoms with Crippen molar-refractivity contribution in [1.29, 1.82) is 0 Å². The summed E-state index contributed by atoms with van der Waals surface area (Å²) in [4.78, 5) is 8.99. The molecule has 0 bridgehead atoms. The minimum absolute atomic E-state index is 0.176. The van der Waals surface area contributed by atoms with Gasteiger partial charge in [0, 0.05) is 27.3 Å². The van der Waals surface area contributed by atoms with Crippen LogP contribution < -0.4 is 5.73 Å². The highest BCUT2D eigenvalue weighted by Gasteiger charge is 2.20. The van der Waals surface area contributed by atoms with Crippen molar-refractivity contribution in [3.63, 3.8) is 0 Å². The van der Waals surface area contributed by atoms with Crippen molar-refractivity contribution >= 4 is 50.2 Å². The molecule has 0 saturated heterocycles. The molecule has 0 saturated carbocycles. The van der Waals surface area contributed by atoms with E-state index in [9.17, 15) is 0 Å². The first kappa shape index (κ1) is 15.4. The fourth-order valence-electron chi connectivity index (χ4n) is 1.86. The van der Waals surface area contributed by atoms with Crippen LogP contribution in [0.25, 0.3) is 0 Å². The number of nitrogens with zero attached hydrogens (tertiary/aromatic N) is 2. The predicted octanol–water partition coefficient (Wildman–Crippen LogP) is 4.06. The van der Waals surface area contributed by atoms with Gasteiger partial charge in [0.1, 0.15) is 4.34 Å². The monoisotopic (exact) mass is 379 g/mol. The number of aryl methyl sites for hydroxylation is 1. The fraction of sp³-hybridized carbons (Fsp3) is 0.417. The normalized spacial score (nSPS) is 13.2. The topological polar surface area (TPSA) is 42.2 Å². The van der Waals surface area contributed by atoms with Crippen LogP contribution in [0.15, 0.2) is 16.0 Å². The van der Waals surface area contributed by atoms with Crippen LogP contribution in [0.2, 0.25) is 4.34 Å². The summed E-state index contributed by atoms with van der Waals surface area (Å²) in [7, 11) is 2.08. The zero-order chi connectivity index (χ0) is 14.0. The van der Waals surface area contributed by atoms with Gasteiger partial charge in [0.2, 0.25) is 0 Å². The SMILES string of the molecule is Cc1ncsc1CN(C)C(CN)c1cc(Br)c(Cl)s1. The number of thiazole rings is 1. The molecule has 0 spiro atoms. The molecule has 2 aromatic heterocycles. The first-order valence-corrected chi connectivity index (χ1v) is 8.63. The Morgan fingerprint density at radius 1 is 1.58 bits per heavy atom. The maximum absolute atomic E-state index is 6.11. The summed E-state index contributed by atoms with van der Waals surface area (Å²) in [6.07, 6.45) is 0. The first-order valence-electron chi connectivity index (χ1n) is 5.77. The predicted molar refractivity (Wildman–Crippen MR) is 87.1 cm³/mol. The lowest BCUT2D eigenvalue weighted by Gasteiger charge is -2.25. The Kier molecular flexibility index (Phi) is 5.39. The van der Waals surface area contributed by atoms with E-state index in [1.807, 2.05) is 12.4 Å².